The molecule has 1 aliphatic rings. The molecule has 2 aromatic rings. The van der Waals surface area contributed by atoms with E-state index in [2.05, 4.69) is 33.0 Å². The summed E-state index contributed by atoms with van der Waals surface area (Å²) in [6, 6.07) is 7.78. The van der Waals surface area contributed by atoms with Gasteiger partial charge in [-0.2, -0.15) is 0 Å². The topological polar surface area (TPSA) is 67.2 Å². The molecule has 0 spiro atoms. The molecule has 0 aliphatic carbocycles. The van der Waals surface area contributed by atoms with Crippen LogP contribution in [0.1, 0.15) is 46.0 Å². The van der Waals surface area contributed by atoms with Gasteiger partial charge in [0.05, 0.1) is 23.0 Å². The zero-order valence-corrected chi connectivity index (χ0v) is 16.9. The summed E-state index contributed by atoms with van der Waals surface area (Å²) in [5.74, 6) is 1.18. The van der Waals surface area contributed by atoms with Crippen molar-refractivity contribution in [2.45, 2.75) is 40.2 Å². The van der Waals surface area contributed by atoms with E-state index in [1.165, 1.54) is 0 Å². The minimum atomic E-state index is -0.285. The number of likely N-dealkylation sites (tertiary alicyclic amines) is 1. The van der Waals surface area contributed by atoms with Gasteiger partial charge in [0.15, 0.2) is 0 Å². The highest BCUT2D eigenvalue weighted by Crippen LogP contribution is 2.26. The number of nitrogens with one attached hydrogen (secondary N) is 1. The van der Waals surface area contributed by atoms with Gasteiger partial charge in [0, 0.05) is 26.6 Å². The molecule has 6 nitrogen and oxygen atoms in total. The van der Waals surface area contributed by atoms with E-state index in [9.17, 15) is 9.59 Å². The Balaban J connectivity index is 1.77. The van der Waals surface area contributed by atoms with E-state index in [0.717, 1.165) is 16.9 Å². The molecule has 1 saturated heterocycles. The lowest BCUT2D eigenvalue weighted by atomic mass is 10.0. The maximum atomic E-state index is 12.9. The van der Waals surface area contributed by atoms with E-state index in [-0.39, 0.29) is 29.7 Å². The molecular weight excluding hydrogens is 340 g/mol. The minimum absolute atomic E-state index is 0.0552. The average molecular weight is 370 g/mol. The second-order valence-corrected chi connectivity index (χ2v) is 8.34. The van der Waals surface area contributed by atoms with Crippen molar-refractivity contribution in [3.05, 3.63) is 30.1 Å². The van der Waals surface area contributed by atoms with E-state index < -0.39 is 0 Å². The Morgan fingerprint density at radius 3 is 2.59 bits per heavy atom. The van der Waals surface area contributed by atoms with Crippen molar-refractivity contribution in [2.24, 2.45) is 24.8 Å². The number of para-hydroxylation sites is 2. The van der Waals surface area contributed by atoms with Crippen LogP contribution >= 0.6 is 0 Å². The largest absolute Gasteiger partial charge is 0.346 e. The third-order valence-corrected chi connectivity index (χ3v) is 5.24. The molecule has 3 rings (SSSR count). The highest BCUT2D eigenvalue weighted by Gasteiger charge is 2.36. The average Bonchev–Trinajstić information content (AvgIpc) is 3.13. The highest BCUT2D eigenvalue weighted by atomic mass is 16.2. The number of hydrogen-bond acceptors (Lipinski definition) is 3. The molecule has 0 saturated carbocycles. The van der Waals surface area contributed by atoms with Crippen molar-refractivity contribution in [1.29, 1.82) is 0 Å². The number of carbonyl (C=O) groups is 2. The lowest BCUT2D eigenvalue weighted by Crippen LogP contribution is -2.38. The number of aryl methyl sites for hydroxylation is 1. The van der Waals surface area contributed by atoms with Gasteiger partial charge in [-0.25, -0.2) is 4.98 Å². The van der Waals surface area contributed by atoms with Gasteiger partial charge in [-0.15, -0.1) is 0 Å². The normalized spacial score (nSPS) is 18.7. The summed E-state index contributed by atoms with van der Waals surface area (Å²) in [6.45, 7) is 9.55. The van der Waals surface area contributed by atoms with E-state index in [1.807, 2.05) is 40.8 Å². The number of rotatable bonds is 6. The quantitative estimate of drug-likeness (QED) is 0.850. The maximum absolute atomic E-state index is 12.9. The molecule has 1 aliphatic heterocycles. The summed E-state index contributed by atoms with van der Waals surface area (Å²) < 4.78 is 2.05. The summed E-state index contributed by atoms with van der Waals surface area (Å²) in [4.78, 5) is 31.7. The molecule has 2 amide bonds. The van der Waals surface area contributed by atoms with E-state index in [0.29, 0.717) is 25.4 Å². The predicted octanol–water partition coefficient (Wildman–Crippen LogP) is 2.89. The van der Waals surface area contributed by atoms with Gasteiger partial charge in [0.25, 0.3) is 0 Å². The number of fused-ring (bicyclic) bond motifs is 1. The fourth-order valence-electron chi connectivity index (χ4n) is 3.81. The fraction of sp³-hybridized carbons (Fsp3) is 0.571. The molecule has 27 heavy (non-hydrogen) atoms. The van der Waals surface area contributed by atoms with Crippen LogP contribution in [-0.4, -0.2) is 39.4 Å². The number of carbonyl (C=O) groups excluding carboxylic acids is 2. The second kappa shape index (κ2) is 7.71. The first-order chi connectivity index (χ1) is 12.8. The Morgan fingerprint density at radius 2 is 1.96 bits per heavy atom. The summed E-state index contributed by atoms with van der Waals surface area (Å²) in [5.41, 5.74) is 1.97. The van der Waals surface area contributed by atoms with Gasteiger partial charge in [0.1, 0.15) is 5.82 Å². The molecule has 1 aromatic carbocycles. The van der Waals surface area contributed by atoms with Crippen molar-refractivity contribution in [3.63, 3.8) is 0 Å². The lowest BCUT2D eigenvalue weighted by molar-refractivity contribution is -0.129. The van der Waals surface area contributed by atoms with Gasteiger partial charge in [-0.1, -0.05) is 39.8 Å². The fourth-order valence-corrected chi connectivity index (χ4v) is 3.81. The van der Waals surface area contributed by atoms with Crippen LogP contribution in [-0.2, 0) is 16.6 Å². The highest BCUT2D eigenvalue weighted by molar-refractivity contribution is 5.89. The zero-order valence-electron chi connectivity index (χ0n) is 16.9. The smallest absolute Gasteiger partial charge is 0.226 e. The summed E-state index contributed by atoms with van der Waals surface area (Å²) in [7, 11) is 1.98. The van der Waals surface area contributed by atoms with Crippen molar-refractivity contribution >= 4 is 22.8 Å². The second-order valence-electron chi connectivity index (χ2n) is 8.34. The molecule has 2 heterocycles. The van der Waals surface area contributed by atoms with Gasteiger partial charge < -0.3 is 14.8 Å². The number of imidazole rings is 1. The third-order valence-electron chi connectivity index (χ3n) is 5.24. The Labute approximate surface area is 160 Å². The van der Waals surface area contributed by atoms with Crippen LogP contribution in [0.15, 0.2) is 24.3 Å². The predicted molar refractivity (Wildman–Crippen MR) is 106 cm³/mol. The van der Waals surface area contributed by atoms with Gasteiger partial charge in [0.2, 0.25) is 11.8 Å². The first-order valence-electron chi connectivity index (χ1n) is 9.77. The van der Waals surface area contributed by atoms with Gasteiger partial charge >= 0.3 is 0 Å². The lowest BCUT2D eigenvalue weighted by Gasteiger charge is -2.24. The van der Waals surface area contributed by atoms with Crippen molar-refractivity contribution in [3.8, 4) is 0 Å². The Morgan fingerprint density at radius 1 is 1.26 bits per heavy atom. The van der Waals surface area contributed by atoms with Crippen molar-refractivity contribution in [2.75, 3.05) is 13.1 Å². The molecule has 2 atom stereocenters. The molecule has 0 radical (unpaired) electrons. The van der Waals surface area contributed by atoms with Crippen molar-refractivity contribution in [1.82, 2.24) is 19.8 Å². The maximum Gasteiger partial charge on any atom is 0.226 e. The van der Waals surface area contributed by atoms with Crippen LogP contribution in [0.4, 0.5) is 0 Å². The molecular formula is C21H30N4O2. The molecule has 1 N–H and O–H groups in total. The summed E-state index contributed by atoms with van der Waals surface area (Å²) in [6.07, 6.45) is 0.298. The molecule has 0 unspecified atom stereocenters. The van der Waals surface area contributed by atoms with Gasteiger partial charge in [-0.05, 0) is 24.0 Å². The molecule has 1 fully saturated rings. The first kappa shape index (κ1) is 19.4. The monoisotopic (exact) mass is 370 g/mol. The van der Waals surface area contributed by atoms with Crippen LogP contribution in [0.25, 0.3) is 11.0 Å². The summed E-state index contributed by atoms with van der Waals surface area (Å²) in [5, 5.41) is 3.17. The molecule has 6 heteroatoms. The van der Waals surface area contributed by atoms with Crippen LogP contribution < -0.4 is 5.32 Å². The van der Waals surface area contributed by atoms with Gasteiger partial charge in [-0.3, -0.25) is 9.59 Å². The number of nitrogens with zero attached hydrogens (tertiary/aromatic N) is 3. The van der Waals surface area contributed by atoms with Crippen LogP contribution in [0, 0.1) is 17.8 Å². The molecule has 146 valence electrons. The molecule has 0 bridgehead atoms. The Hall–Kier alpha value is -2.37. The van der Waals surface area contributed by atoms with E-state index >= 15 is 0 Å². The number of amides is 2. The minimum Gasteiger partial charge on any atom is -0.346 e. The molecule has 1 aromatic heterocycles. The zero-order chi connectivity index (χ0) is 19.7. The Bertz CT molecular complexity index is 840. The van der Waals surface area contributed by atoms with E-state index in [4.69, 9.17) is 4.98 Å². The van der Waals surface area contributed by atoms with Crippen molar-refractivity contribution < 1.29 is 9.59 Å². The number of benzene rings is 1. The number of hydrogen-bond donors (Lipinski definition) is 1. The SMILES string of the molecule is CC(C)CN1C[C@@H](C(=O)N[C@H](c2nc3ccccc3n2C)C(C)C)CC1=O. The Kier molecular flexibility index (Phi) is 5.53. The van der Waals surface area contributed by atoms with Crippen LogP contribution in [0.5, 0.6) is 0 Å². The van der Waals surface area contributed by atoms with Crippen LogP contribution in [0.3, 0.4) is 0 Å². The first-order valence-corrected chi connectivity index (χ1v) is 9.77. The van der Waals surface area contributed by atoms with Crippen LogP contribution in [0.2, 0.25) is 0 Å². The number of aromatic nitrogens is 2. The van der Waals surface area contributed by atoms with E-state index in [1.54, 1.807) is 0 Å². The third kappa shape index (κ3) is 3.99. The standard InChI is InChI=1S/C21H30N4O2/c1-13(2)11-25-12-15(10-18(25)26)21(27)23-19(14(3)4)20-22-16-8-6-7-9-17(16)24(20)5/h6-9,13-15,19H,10-12H2,1-5H3,(H,23,27)/t15-,19-/m0/s1. The summed E-state index contributed by atoms with van der Waals surface area (Å²) >= 11 is 0.